The molecule has 1 aliphatic rings. The zero-order chi connectivity index (χ0) is 8.97. The number of carbonyl (C=O) groups is 1. The molecule has 0 bridgehead atoms. The molecule has 0 aromatic carbocycles. The van der Waals surface area contributed by atoms with Gasteiger partial charge in [0.1, 0.15) is 0 Å². The van der Waals surface area contributed by atoms with E-state index >= 15 is 0 Å². The third-order valence-electron chi connectivity index (χ3n) is 2.06. The smallest absolute Gasteiger partial charge is 0.234 e. The van der Waals surface area contributed by atoms with Crippen LogP contribution in [0.1, 0.15) is 19.3 Å². The topological polar surface area (TPSA) is 46.3 Å². The van der Waals surface area contributed by atoms with Crippen LogP contribution in [0.5, 0.6) is 0 Å². The molecule has 0 radical (unpaired) electrons. The van der Waals surface area contributed by atoms with Crippen LogP contribution < -0.4 is 5.73 Å². The Morgan fingerprint density at radius 2 is 2.50 bits per heavy atom. The summed E-state index contributed by atoms with van der Waals surface area (Å²) in [6.45, 7) is 1.48. The predicted molar refractivity (Wildman–Crippen MR) is 47.2 cm³/mol. The van der Waals surface area contributed by atoms with Gasteiger partial charge < -0.3 is 10.6 Å². The number of piperidine rings is 1. The van der Waals surface area contributed by atoms with Crippen molar-refractivity contribution in [3.05, 3.63) is 0 Å². The number of carbonyl (C=O) groups excluding carboxylic acids is 1. The van der Waals surface area contributed by atoms with E-state index in [0.29, 0.717) is 6.54 Å². The molecule has 1 unspecified atom stereocenters. The fraction of sp³-hybridized carbons (Fsp3) is 0.667. The highest BCUT2D eigenvalue weighted by atomic mass is 16.2. The zero-order valence-corrected chi connectivity index (χ0v) is 7.12. The molecule has 1 amide bonds. The molecule has 0 spiro atoms. The molecule has 1 atom stereocenters. The monoisotopic (exact) mass is 166 g/mol. The van der Waals surface area contributed by atoms with Gasteiger partial charge in [0.2, 0.25) is 5.91 Å². The quantitative estimate of drug-likeness (QED) is 0.555. The van der Waals surface area contributed by atoms with Crippen LogP contribution in [0.3, 0.4) is 0 Å². The lowest BCUT2D eigenvalue weighted by Crippen LogP contribution is -2.45. The minimum atomic E-state index is 0.0349. The molecule has 1 fully saturated rings. The van der Waals surface area contributed by atoms with E-state index in [1.807, 2.05) is 0 Å². The number of rotatable bonds is 1. The number of amides is 1. The average Bonchev–Trinajstić information content (AvgIpc) is 2.05. The summed E-state index contributed by atoms with van der Waals surface area (Å²) in [4.78, 5) is 13.0. The van der Waals surface area contributed by atoms with Gasteiger partial charge in [-0.3, -0.25) is 4.79 Å². The fourth-order valence-corrected chi connectivity index (χ4v) is 1.44. The van der Waals surface area contributed by atoms with Gasteiger partial charge in [0.05, 0.1) is 6.42 Å². The second kappa shape index (κ2) is 4.13. The van der Waals surface area contributed by atoms with Gasteiger partial charge in [-0.25, -0.2) is 0 Å². The second-order valence-electron chi connectivity index (χ2n) is 3.12. The first-order valence-electron chi connectivity index (χ1n) is 4.21. The molecule has 3 heteroatoms. The molecule has 0 aromatic heterocycles. The van der Waals surface area contributed by atoms with Crippen molar-refractivity contribution >= 4 is 5.91 Å². The Labute approximate surface area is 72.9 Å². The van der Waals surface area contributed by atoms with Crippen molar-refractivity contribution in [2.45, 2.75) is 25.3 Å². The van der Waals surface area contributed by atoms with Crippen LogP contribution >= 0.6 is 0 Å². The average molecular weight is 166 g/mol. The molecular formula is C9H14N2O. The Morgan fingerprint density at radius 3 is 3.08 bits per heavy atom. The molecule has 1 saturated heterocycles. The van der Waals surface area contributed by atoms with Crippen LogP contribution in [-0.2, 0) is 4.79 Å². The number of likely N-dealkylation sites (tertiary alicyclic amines) is 1. The van der Waals surface area contributed by atoms with Crippen LogP contribution in [0.4, 0.5) is 0 Å². The van der Waals surface area contributed by atoms with Crippen molar-refractivity contribution in [3.63, 3.8) is 0 Å². The van der Waals surface area contributed by atoms with Gasteiger partial charge in [0, 0.05) is 19.1 Å². The van der Waals surface area contributed by atoms with Gasteiger partial charge in [-0.2, -0.15) is 0 Å². The molecule has 1 rings (SSSR count). The maximum atomic E-state index is 11.3. The first kappa shape index (κ1) is 9.08. The summed E-state index contributed by atoms with van der Waals surface area (Å²) < 4.78 is 0. The molecule has 0 aliphatic carbocycles. The maximum Gasteiger partial charge on any atom is 0.234 e. The third kappa shape index (κ3) is 2.24. The van der Waals surface area contributed by atoms with E-state index in [1.165, 1.54) is 0 Å². The third-order valence-corrected chi connectivity index (χ3v) is 2.06. The lowest BCUT2D eigenvalue weighted by atomic mass is 10.1. The maximum absolute atomic E-state index is 11.3. The molecule has 0 saturated carbocycles. The molecule has 1 heterocycles. The van der Waals surface area contributed by atoms with Crippen LogP contribution in [0.25, 0.3) is 0 Å². The first-order valence-corrected chi connectivity index (χ1v) is 4.21. The summed E-state index contributed by atoms with van der Waals surface area (Å²) in [5.41, 5.74) is 5.71. The summed E-state index contributed by atoms with van der Waals surface area (Å²) in [7, 11) is 0. The van der Waals surface area contributed by atoms with E-state index in [-0.39, 0.29) is 18.4 Å². The summed E-state index contributed by atoms with van der Waals surface area (Å²) in [6.07, 6.45) is 7.25. The number of nitrogens with two attached hydrogens (primary N) is 1. The van der Waals surface area contributed by atoms with Gasteiger partial charge in [-0.1, -0.05) is 5.92 Å². The van der Waals surface area contributed by atoms with E-state index in [1.54, 1.807) is 4.90 Å². The summed E-state index contributed by atoms with van der Waals surface area (Å²) in [5.74, 6) is 2.38. The van der Waals surface area contributed by atoms with Crippen molar-refractivity contribution in [1.29, 1.82) is 0 Å². The highest BCUT2D eigenvalue weighted by molar-refractivity contribution is 5.78. The van der Waals surface area contributed by atoms with Crippen LogP contribution in [0.15, 0.2) is 0 Å². The lowest BCUT2D eigenvalue weighted by Gasteiger charge is -2.30. The van der Waals surface area contributed by atoms with Crippen molar-refractivity contribution < 1.29 is 4.79 Å². The Morgan fingerprint density at radius 1 is 1.75 bits per heavy atom. The Bertz CT molecular complexity index is 207. The van der Waals surface area contributed by atoms with E-state index in [0.717, 1.165) is 19.4 Å². The first-order chi connectivity index (χ1) is 5.74. The molecule has 12 heavy (non-hydrogen) atoms. The van der Waals surface area contributed by atoms with Crippen LogP contribution in [-0.4, -0.2) is 29.9 Å². The molecule has 66 valence electrons. The van der Waals surface area contributed by atoms with Gasteiger partial charge in [-0.15, -0.1) is 6.42 Å². The van der Waals surface area contributed by atoms with Gasteiger partial charge in [0.15, 0.2) is 0 Å². The summed E-state index contributed by atoms with van der Waals surface area (Å²) in [6, 6.07) is 0.139. The summed E-state index contributed by atoms with van der Waals surface area (Å²) in [5, 5.41) is 0. The van der Waals surface area contributed by atoms with Crippen LogP contribution in [0.2, 0.25) is 0 Å². The minimum absolute atomic E-state index is 0.0349. The number of hydrogen-bond acceptors (Lipinski definition) is 2. The predicted octanol–water partition coefficient (Wildman–Crippen LogP) is -0.0406. The minimum Gasteiger partial charge on any atom is -0.340 e. The highest BCUT2D eigenvalue weighted by Gasteiger charge is 2.19. The van der Waals surface area contributed by atoms with E-state index in [9.17, 15) is 4.79 Å². The van der Waals surface area contributed by atoms with Crippen molar-refractivity contribution in [3.8, 4) is 12.3 Å². The van der Waals surface area contributed by atoms with Crippen molar-refractivity contribution in [1.82, 2.24) is 4.90 Å². The number of terminal acetylenes is 1. The Hall–Kier alpha value is -1.01. The normalized spacial score (nSPS) is 23.3. The van der Waals surface area contributed by atoms with Gasteiger partial charge in [-0.05, 0) is 12.8 Å². The Kier molecular flexibility index (Phi) is 3.12. The van der Waals surface area contributed by atoms with Crippen LogP contribution in [0, 0.1) is 12.3 Å². The van der Waals surface area contributed by atoms with Gasteiger partial charge >= 0.3 is 0 Å². The van der Waals surface area contributed by atoms with E-state index < -0.39 is 0 Å². The second-order valence-corrected chi connectivity index (χ2v) is 3.12. The van der Waals surface area contributed by atoms with E-state index in [4.69, 9.17) is 12.2 Å². The molecule has 0 aromatic rings. The fourth-order valence-electron chi connectivity index (χ4n) is 1.44. The SMILES string of the molecule is C#CCC(=O)N1CCCC(N)C1. The number of nitrogens with zero attached hydrogens (tertiary/aromatic N) is 1. The summed E-state index contributed by atoms with van der Waals surface area (Å²) >= 11 is 0. The standard InChI is InChI=1S/C9H14N2O/c1-2-4-9(12)11-6-3-5-8(10)7-11/h1,8H,3-7,10H2. The largest absolute Gasteiger partial charge is 0.340 e. The van der Waals surface area contributed by atoms with Gasteiger partial charge in [0.25, 0.3) is 0 Å². The highest BCUT2D eigenvalue weighted by Crippen LogP contribution is 2.08. The van der Waals surface area contributed by atoms with Crippen molar-refractivity contribution in [2.75, 3.05) is 13.1 Å². The van der Waals surface area contributed by atoms with Crippen molar-refractivity contribution in [2.24, 2.45) is 5.73 Å². The molecule has 3 nitrogen and oxygen atoms in total. The molecule has 2 N–H and O–H groups in total. The van der Waals surface area contributed by atoms with E-state index in [2.05, 4.69) is 5.92 Å². The zero-order valence-electron chi connectivity index (χ0n) is 7.12. The lowest BCUT2D eigenvalue weighted by molar-refractivity contribution is -0.131. The number of hydrogen-bond donors (Lipinski definition) is 1. The Balaban J connectivity index is 2.41. The molecular weight excluding hydrogens is 152 g/mol. The molecule has 1 aliphatic heterocycles.